The maximum Gasteiger partial charge on any atom is 0.139 e. The molecule has 2 heterocycles. The van der Waals surface area contributed by atoms with Gasteiger partial charge >= 0.3 is 0 Å². The number of hydrogen-bond acceptors (Lipinski definition) is 3. The van der Waals surface area contributed by atoms with Crippen molar-refractivity contribution < 1.29 is 0 Å². The van der Waals surface area contributed by atoms with Crippen LogP contribution in [0.25, 0.3) is 5.69 Å². The standard InChI is InChI=1S/C17H13ClN4/c18-14-7-3-1-5-12(14)17-13-6-2-4-8-15(13)22-11-20-21-16(22)9-10-19-17/h1-8,11H,9-10H2. The lowest BCUT2D eigenvalue weighted by molar-refractivity contribution is 0.823. The van der Waals surface area contributed by atoms with Crippen LogP contribution in [0.5, 0.6) is 0 Å². The molecule has 0 saturated carbocycles. The highest BCUT2D eigenvalue weighted by Gasteiger charge is 2.19. The third-order valence-corrected chi connectivity index (χ3v) is 4.10. The number of benzene rings is 2. The molecule has 1 aromatic heterocycles. The summed E-state index contributed by atoms with van der Waals surface area (Å²) in [6.45, 7) is 0.660. The smallest absolute Gasteiger partial charge is 0.139 e. The number of hydrogen-bond donors (Lipinski definition) is 0. The van der Waals surface area contributed by atoms with E-state index < -0.39 is 0 Å². The fourth-order valence-corrected chi connectivity index (χ4v) is 2.98. The van der Waals surface area contributed by atoms with Gasteiger partial charge in [0.05, 0.1) is 11.4 Å². The predicted molar refractivity (Wildman–Crippen MR) is 87.0 cm³/mol. The quantitative estimate of drug-likeness (QED) is 0.692. The second kappa shape index (κ2) is 5.39. The predicted octanol–water partition coefficient (Wildman–Crippen LogP) is 3.31. The average molecular weight is 309 g/mol. The SMILES string of the molecule is Clc1ccccc1C1=NCCc2nncn2-c2ccccc21. The molecule has 0 radical (unpaired) electrons. The van der Waals surface area contributed by atoms with Crippen LogP contribution in [0.15, 0.2) is 59.9 Å². The number of rotatable bonds is 1. The van der Waals surface area contributed by atoms with Crippen LogP contribution in [-0.2, 0) is 6.42 Å². The Kier molecular flexibility index (Phi) is 3.24. The van der Waals surface area contributed by atoms with E-state index in [-0.39, 0.29) is 0 Å². The lowest BCUT2D eigenvalue weighted by Gasteiger charge is -2.17. The summed E-state index contributed by atoms with van der Waals surface area (Å²) in [5, 5.41) is 8.94. The lowest BCUT2D eigenvalue weighted by atomic mass is 9.99. The Balaban J connectivity index is 1.97. The van der Waals surface area contributed by atoms with Gasteiger partial charge in [0, 0.05) is 29.1 Å². The molecule has 4 nitrogen and oxygen atoms in total. The molecule has 1 aliphatic heterocycles. The topological polar surface area (TPSA) is 43.1 Å². The van der Waals surface area contributed by atoms with Gasteiger partial charge in [0.15, 0.2) is 0 Å². The Morgan fingerprint density at radius 3 is 2.59 bits per heavy atom. The number of aromatic nitrogens is 3. The Morgan fingerprint density at radius 1 is 0.955 bits per heavy atom. The van der Waals surface area contributed by atoms with Crippen LogP contribution < -0.4 is 0 Å². The van der Waals surface area contributed by atoms with Crippen LogP contribution in [0.3, 0.4) is 0 Å². The maximum absolute atomic E-state index is 6.38. The number of aliphatic imine (C=N–C) groups is 1. The Bertz CT molecular complexity index is 866. The van der Waals surface area contributed by atoms with Crippen LogP contribution in [-0.4, -0.2) is 27.0 Å². The van der Waals surface area contributed by atoms with Crippen molar-refractivity contribution in [2.75, 3.05) is 6.54 Å². The van der Waals surface area contributed by atoms with Gasteiger partial charge < -0.3 is 0 Å². The molecule has 0 bridgehead atoms. The lowest BCUT2D eigenvalue weighted by Crippen LogP contribution is -2.15. The van der Waals surface area contributed by atoms with E-state index in [1.807, 2.05) is 41.0 Å². The molecule has 108 valence electrons. The van der Waals surface area contributed by atoms with E-state index in [0.29, 0.717) is 11.6 Å². The van der Waals surface area contributed by atoms with Crippen LogP contribution >= 0.6 is 11.6 Å². The summed E-state index contributed by atoms with van der Waals surface area (Å²) in [6.07, 6.45) is 2.51. The molecule has 5 heteroatoms. The molecule has 0 saturated heterocycles. The number of halogens is 1. The fourth-order valence-electron chi connectivity index (χ4n) is 2.75. The first kappa shape index (κ1) is 13.2. The van der Waals surface area contributed by atoms with Crippen molar-refractivity contribution in [3.05, 3.63) is 76.8 Å². The molecular weight excluding hydrogens is 296 g/mol. The number of nitrogens with zero attached hydrogens (tertiary/aromatic N) is 4. The first-order chi connectivity index (χ1) is 10.8. The molecule has 0 spiro atoms. The van der Waals surface area contributed by atoms with E-state index in [1.165, 1.54) is 0 Å². The van der Waals surface area contributed by atoms with Gasteiger partial charge in [0.25, 0.3) is 0 Å². The molecule has 0 fully saturated rings. The molecule has 22 heavy (non-hydrogen) atoms. The van der Waals surface area contributed by atoms with Crippen LogP contribution in [0.1, 0.15) is 17.0 Å². The Labute approximate surface area is 133 Å². The third-order valence-electron chi connectivity index (χ3n) is 3.77. The molecule has 1 aliphatic rings. The van der Waals surface area contributed by atoms with Crippen LogP contribution in [0.2, 0.25) is 5.02 Å². The minimum absolute atomic E-state index is 0.660. The monoisotopic (exact) mass is 308 g/mol. The van der Waals surface area contributed by atoms with Gasteiger partial charge in [-0.15, -0.1) is 10.2 Å². The molecule has 0 aliphatic carbocycles. The average Bonchev–Trinajstić information content (AvgIpc) is 2.99. The highest BCUT2D eigenvalue weighted by Crippen LogP contribution is 2.25. The molecule has 0 N–H and O–H groups in total. The minimum Gasteiger partial charge on any atom is -0.285 e. The van der Waals surface area contributed by atoms with Crippen molar-refractivity contribution in [3.8, 4) is 5.69 Å². The van der Waals surface area contributed by atoms with Gasteiger partial charge in [-0.25, -0.2) is 0 Å². The fraction of sp³-hybridized carbons (Fsp3) is 0.118. The molecule has 2 aromatic carbocycles. The van der Waals surface area contributed by atoms with Crippen molar-refractivity contribution in [2.45, 2.75) is 6.42 Å². The summed E-state index contributed by atoms with van der Waals surface area (Å²) in [7, 11) is 0. The molecule has 3 aromatic rings. The van der Waals surface area contributed by atoms with Crippen LogP contribution in [0, 0.1) is 0 Å². The van der Waals surface area contributed by atoms with Crippen LogP contribution in [0.4, 0.5) is 0 Å². The molecule has 4 rings (SSSR count). The Hall–Kier alpha value is -2.46. The maximum atomic E-state index is 6.38. The molecule has 0 amide bonds. The molecular formula is C17H13ClN4. The summed E-state index contributed by atoms with van der Waals surface area (Å²) in [6, 6.07) is 15.9. The zero-order valence-corrected chi connectivity index (χ0v) is 12.5. The zero-order chi connectivity index (χ0) is 14.9. The number of para-hydroxylation sites is 1. The van der Waals surface area contributed by atoms with Crippen molar-refractivity contribution in [1.29, 1.82) is 0 Å². The van der Waals surface area contributed by atoms with E-state index in [2.05, 4.69) is 22.3 Å². The van der Waals surface area contributed by atoms with Gasteiger partial charge in [0.2, 0.25) is 0 Å². The molecule has 0 atom stereocenters. The van der Waals surface area contributed by atoms with Gasteiger partial charge in [0.1, 0.15) is 12.2 Å². The Morgan fingerprint density at radius 2 is 1.73 bits per heavy atom. The van der Waals surface area contributed by atoms with Crippen molar-refractivity contribution in [3.63, 3.8) is 0 Å². The van der Waals surface area contributed by atoms with E-state index in [9.17, 15) is 0 Å². The summed E-state index contributed by atoms with van der Waals surface area (Å²) in [5.41, 5.74) is 3.94. The summed E-state index contributed by atoms with van der Waals surface area (Å²) < 4.78 is 2.03. The van der Waals surface area contributed by atoms with Crippen molar-refractivity contribution in [1.82, 2.24) is 14.8 Å². The third kappa shape index (κ3) is 2.12. The highest BCUT2D eigenvalue weighted by molar-refractivity contribution is 6.35. The van der Waals surface area contributed by atoms with Gasteiger partial charge in [-0.1, -0.05) is 48.0 Å². The van der Waals surface area contributed by atoms with Gasteiger partial charge in [-0.2, -0.15) is 0 Å². The summed E-state index contributed by atoms with van der Waals surface area (Å²) in [4.78, 5) is 4.79. The highest BCUT2D eigenvalue weighted by atomic mass is 35.5. The second-order valence-corrected chi connectivity index (χ2v) is 5.50. The van der Waals surface area contributed by atoms with Gasteiger partial charge in [-0.05, 0) is 12.1 Å². The molecule has 0 unspecified atom stereocenters. The van der Waals surface area contributed by atoms with E-state index in [1.54, 1.807) is 6.33 Å². The van der Waals surface area contributed by atoms with Crippen molar-refractivity contribution in [2.24, 2.45) is 4.99 Å². The first-order valence-corrected chi connectivity index (χ1v) is 7.50. The van der Waals surface area contributed by atoms with E-state index in [4.69, 9.17) is 16.6 Å². The summed E-state index contributed by atoms with van der Waals surface area (Å²) in [5.74, 6) is 0.925. The van der Waals surface area contributed by atoms with Gasteiger partial charge in [-0.3, -0.25) is 9.56 Å². The zero-order valence-electron chi connectivity index (χ0n) is 11.8. The number of fused-ring (bicyclic) bond motifs is 3. The second-order valence-electron chi connectivity index (χ2n) is 5.09. The van der Waals surface area contributed by atoms with E-state index in [0.717, 1.165) is 34.8 Å². The van der Waals surface area contributed by atoms with Crippen molar-refractivity contribution >= 4 is 17.3 Å². The normalized spacial score (nSPS) is 13.6. The summed E-state index contributed by atoms with van der Waals surface area (Å²) >= 11 is 6.38. The van der Waals surface area contributed by atoms with E-state index >= 15 is 0 Å². The first-order valence-electron chi connectivity index (χ1n) is 7.12. The largest absolute Gasteiger partial charge is 0.285 e. The minimum atomic E-state index is 0.660.